The summed E-state index contributed by atoms with van der Waals surface area (Å²) in [6.45, 7) is 0.823. The van der Waals surface area contributed by atoms with Crippen molar-refractivity contribution in [3.05, 3.63) is 28.5 Å². The molecule has 0 saturated carbocycles. The van der Waals surface area contributed by atoms with Crippen molar-refractivity contribution >= 4 is 15.9 Å². The number of ether oxygens (including phenoxy) is 1. The molecule has 1 aliphatic rings. The Bertz CT molecular complexity index is 247. The standard InChI is InChI=1S/C7H6BrNO/c8-5-1-2-9-6(3-5)7-4-10-7/h1-3,7H,4H2. The lowest BCUT2D eigenvalue weighted by Crippen LogP contribution is -1.84. The van der Waals surface area contributed by atoms with E-state index in [2.05, 4.69) is 20.9 Å². The van der Waals surface area contributed by atoms with E-state index in [4.69, 9.17) is 4.74 Å². The molecule has 2 heterocycles. The number of hydrogen-bond acceptors (Lipinski definition) is 2. The summed E-state index contributed by atoms with van der Waals surface area (Å²) in [7, 11) is 0. The molecule has 1 atom stereocenters. The smallest absolute Gasteiger partial charge is 0.123 e. The van der Waals surface area contributed by atoms with E-state index >= 15 is 0 Å². The SMILES string of the molecule is Brc1ccnc(C2CO2)c1. The summed E-state index contributed by atoms with van der Waals surface area (Å²) in [4.78, 5) is 4.15. The van der Waals surface area contributed by atoms with Crippen molar-refractivity contribution in [3.8, 4) is 0 Å². The average Bonchev–Trinajstić information content (AvgIpc) is 2.68. The summed E-state index contributed by atoms with van der Waals surface area (Å²) in [5, 5.41) is 0. The van der Waals surface area contributed by atoms with Gasteiger partial charge in [0.25, 0.3) is 0 Å². The van der Waals surface area contributed by atoms with Gasteiger partial charge in [0, 0.05) is 10.7 Å². The summed E-state index contributed by atoms with van der Waals surface area (Å²) in [6, 6.07) is 3.89. The van der Waals surface area contributed by atoms with Crippen LogP contribution in [-0.4, -0.2) is 11.6 Å². The molecule has 1 aromatic rings. The lowest BCUT2D eigenvalue weighted by Gasteiger charge is -1.93. The molecule has 52 valence electrons. The summed E-state index contributed by atoms with van der Waals surface area (Å²) in [5.74, 6) is 0. The van der Waals surface area contributed by atoms with Gasteiger partial charge in [-0.15, -0.1) is 0 Å². The van der Waals surface area contributed by atoms with Gasteiger partial charge in [0.15, 0.2) is 0 Å². The van der Waals surface area contributed by atoms with Gasteiger partial charge in [0.1, 0.15) is 6.10 Å². The molecule has 1 unspecified atom stereocenters. The minimum absolute atomic E-state index is 0.262. The van der Waals surface area contributed by atoms with E-state index < -0.39 is 0 Å². The molecule has 1 saturated heterocycles. The van der Waals surface area contributed by atoms with Gasteiger partial charge in [-0.25, -0.2) is 0 Å². The molecule has 0 amide bonds. The molecular formula is C7H6BrNO. The Hall–Kier alpha value is -0.410. The van der Waals surface area contributed by atoms with Gasteiger partial charge in [-0.05, 0) is 12.1 Å². The molecule has 0 spiro atoms. The summed E-state index contributed by atoms with van der Waals surface area (Å²) >= 11 is 3.36. The molecule has 1 aromatic heterocycles. The molecule has 0 radical (unpaired) electrons. The Balaban J connectivity index is 2.32. The van der Waals surface area contributed by atoms with Crippen LogP contribution in [0.3, 0.4) is 0 Å². The second-order valence-electron chi connectivity index (χ2n) is 2.22. The molecule has 0 N–H and O–H groups in total. The van der Waals surface area contributed by atoms with Gasteiger partial charge in [-0.3, -0.25) is 4.98 Å². The average molecular weight is 200 g/mol. The molecule has 2 nitrogen and oxygen atoms in total. The Morgan fingerprint density at radius 2 is 2.50 bits per heavy atom. The maximum absolute atomic E-state index is 5.07. The van der Waals surface area contributed by atoms with Crippen LogP contribution < -0.4 is 0 Å². The van der Waals surface area contributed by atoms with Crippen molar-refractivity contribution in [3.63, 3.8) is 0 Å². The molecule has 10 heavy (non-hydrogen) atoms. The summed E-state index contributed by atoms with van der Waals surface area (Å²) in [6.07, 6.45) is 2.04. The van der Waals surface area contributed by atoms with E-state index in [1.54, 1.807) is 6.20 Å². The minimum atomic E-state index is 0.262. The maximum Gasteiger partial charge on any atom is 0.123 e. The highest BCUT2D eigenvalue weighted by Crippen LogP contribution is 2.28. The molecule has 3 heteroatoms. The molecule has 0 bridgehead atoms. The topological polar surface area (TPSA) is 25.4 Å². The Labute approximate surface area is 67.4 Å². The predicted octanol–water partition coefficient (Wildman–Crippen LogP) is 1.92. The zero-order valence-electron chi connectivity index (χ0n) is 5.25. The summed E-state index contributed by atoms with van der Waals surface area (Å²) in [5.41, 5.74) is 1.02. The Morgan fingerprint density at radius 3 is 3.10 bits per heavy atom. The van der Waals surface area contributed by atoms with Crippen molar-refractivity contribution in [2.45, 2.75) is 6.10 Å². The van der Waals surface area contributed by atoms with Crippen LogP contribution >= 0.6 is 15.9 Å². The van der Waals surface area contributed by atoms with Gasteiger partial charge in [0.05, 0.1) is 12.3 Å². The Kier molecular flexibility index (Phi) is 1.47. The number of rotatable bonds is 1. The zero-order chi connectivity index (χ0) is 6.97. The van der Waals surface area contributed by atoms with Crippen LogP contribution in [0.2, 0.25) is 0 Å². The quantitative estimate of drug-likeness (QED) is 0.647. The van der Waals surface area contributed by atoms with Crippen molar-refractivity contribution in [1.82, 2.24) is 4.98 Å². The predicted molar refractivity (Wildman–Crippen MR) is 40.6 cm³/mol. The zero-order valence-corrected chi connectivity index (χ0v) is 6.84. The Morgan fingerprint density at radius 1 is 1.70 bits per heavy atom. The molecule has 0 aliphatic carbocycles. The van der Waals surface area contributed by atoms with E-state index in [9.17, 15) is 0 Å². The third-order valence-electron chi connectivity index (χ3n) is 1.41. The number of epoxide rings is 1. The van der Waals surface area contributed by atoms with Gasteiger partial charge in [0.2, 0.25) is 0 Å². The normalized spacial score (nSPS) is 22.7. The fourth-order valence-electron chi connectivity index (χ4n) is 0.816. The molecule has 0 aromatic carbocycles. The van der Waals surface area contributed by atoms with Crippen molar-refractivity contribution < 1.29 is 4.74 Å². The van der Waals surface area contributed by atoms with E-state index in [0.717, 1.165) is 16.8 Å². The number of pyridine rings is 1. The first-order valence-corrected chi connectivity index (χ1v) is 3.88. The third kappa shape index (κ3) is 1.20. The van der Waals surface area contributed by atoms with E-state index in [0.29, 0.717) is 0 Å². The monoisotopic (exact) mass is 199 g/mol. The largest absolute Gasteiger partial charge is 0.366 e. The third-order valence-corrected chi connectivity index (χ3v) is 1.90. The molecular weight excluding hydrogens is 194 g/mol. The first kappa shape index (κ1) is 6.31. The lowest BCUT2D eigenvalue weighted by molar-refractivity contribution is 0.411. The first-order valence-electron chi connectivity index (χ1n) is 3.09. The first-order chi connectivity index (χ1) is 4.86. The van der Waals surface area contributed by atoms with Gasteiger partial charge in [-0.1, -0.05) is 15.9 Å². The molecule has 1 fully saturated rings. The van der Waals surface area contributed by atoms with Crippen molar-refractivity contribution in [2.75, 3.05) is 6.61 Å². The fourth-order valence-corrected chi connectivity index (χ4v) is 1.17. The number of halogens is 1. The minimum Gasteiger partial charge on any atom is -0.366 e. The highest BCUT2D eigenvalue weighted by Gasteiger charge is 2.25. The molecule has 1 aliphatic heterocycles. The van der Waals surface area contributed by atoms with Crippen LogP contribution in [0, 0.1) is 0 Å². The number of hydrogen-bond donors (Lipinski definition) is 0. The van der Waals surface area contributed by atoms with Crippen molar-refractivity contribution in [2.24, 2.45) is 0 Å². The lowest BCUT2D eigenvalue weighted by atomic mass is 10.3. The van der Waals surface area contributed by atoms with Crippen LogP contribution in [0.5, 0.6) is 0 Å². The van der Waals surface area contributed by atoms with Gasteiger partial charge in [-0.2, -0.15) is 0 Å². The second-order valence-corrected chi connectivity index (χ2v) is 3.14. The number of aromatic nitrogens is 1. The van der Waals surface area contributed by atoms with Crippen LogP contribution in [0.15, 0.2) is 22.8 Å². The van der Waals surface area contributed by atoms with Crippen LogP contribution in [0.25, 0.3) is 0 Å². The van der Waals surface area contributed by atoms with Gasteiger partial charge >= 0.3 is 0 Å². The fraction of sp³-hybridized carbons (Fsp3) is 0.286. The second kappa shape index (κ2) is 2.32. The van der Waals surface area contributed by atoms with E-state index in [-0.39, 0.29) is 6.10 Å². The van der Waals surface area contributed by atoms with Gasteiger partial charge < -0.3 is 4.74 Å². The van der Waals surface area contributed by atoms with Crippen LogP contribution in [0.1, 0.15) is 11.8 Å². The van der Waals surface area contributed by atoms with Crippen LogP contribution in [-0.2, 0) is 4.74 Å². The molecule has 2 rings (SSSR count). The van der Waals surface area contributed by atoms with Crippen molar-refractivity contribution in [1.29, 1.82) is 0 Å². The highest BCUT2D eigenvalue weighted by atomic mass is 79.9. The van der Waals surface area contributed by atoms with Crippen LogP contribution in [0.4, 0.5) is 0 Å². The number of nitrogens with zero attached hydrogens (tertiary/aromatic N) is 1. The maximum atomic E-state index is 5.07. The summed E-state index contributed by atoms with van der Waals surface area (Å²) < 4.78 is 6.13. The van der Waals surface area contributed by atoms with E-state index in [1.165, 1.54) is 0 Å². The van der Waals surface area contributed by atoms with E-state index in [1.807, 2.05) is 12.1 Å². The highest BCUT2D eigenvalue weighted by molar-refractivity contribution is 9.10.